The Morgan fingerprint density at radius 1 is 1.09 bits per heavy atom. The van der Waals surface area contributed by atoms with Gasteiger partial charge in [0.2, 0.25) is 0 Å². The van der Waals surface area contributed by atoms with Crippen LogP contribution in [0.5, 0.6) is 0 Å². The molecule has 0 bridgehead atoms. The summed E-state index contributed by atoms with van der Waals surface area (Å²) < 4.78 is 6.45. The van der Waals surface area contributed by atoms with Crippen molar-refractivity contribution in [3.63, 3.8) is 0 Å². The van der Waals surface area contributed by atoms with E-state index in [-0.39, 0.29) is 29.2 Å². The summed E-state index contributed by atoms with van der Waals surface area (Å²) in [5.41, 5.74) is 2.33. The molecule has 34 heavy (non-hydrogen) atoms. The molecule has 4 rings (SSSR count). The molecule has 1 aliphatic heterocycles. The van der Waals surface area contributed by atoms with Crippen molar-refractivity contribution in [1.82, 2.24) is 25.5 Å². The zero-order valence-electron chi connectivity index (χ0n) is 19.5. The maximum atomic E-state index is 12.6. The minimum atomic E-state index is -0.325. The number of aromatic nitrogens is 2. The fourth-order valence-corrected chi connectivity index (χ4v) is 4.55. The number of hydrogen-bond donors (Lipinski definition) is 3. The van der Waals surface area contributed by atoms with Crippen LogP contribution in [0, 0.1) is 0 Å². The number of anilines is 1. The highest BCUT2D eigenvalue weighted by molar-refractivity contribution is 7.22. The summed E-state index contributed by atoms with van der Waals surface area (Å²) in [6, 6.07) is 10.8. The van der Waals surface area contributed by atoms with E-state index in [2.05, 4.69) is 30.8 Å². The molecule has 3 heterocycles. The molecule has 2 amide bonds. The standard InChI is InChI=1S/C24H30N6O3S/c1-16(2)27-23(32)20-5-3-4-19(28-20)22(31)26-15-17-6-7-18-21(14-17)34-24(29-18)25-8-9-30-10-12-33-13-11-30/h3-7,14,16H,8-13,15H2,1-2H3,(H,25,29)(H,26,31)(H,27,32). The van der Waals surface area contributed by atoms with Crippen LogP contribution >= 0.6 is 11.3 Å². The largest absolute Gasteiger partial charge is 0.379 e. The Bertz CT molecular complexity index is 1140. The van der Waals surface area contributed by atoms with Crippen LogP contribution in [0.2, 0.25) is 0 Å². The van der Waals surface area contributed by atoms with Gasteiger partial charge in [-0.2, -0.15) is 0 Å². The second-order valence-electron chi connectivity index (χ2n) is 8.42. The van der Waals surface area contributed by atoms with Crippen molar-refractivity contribution in [2.75, 3.05) is 44.7 Å². The van der Waals surface area contributed by atoms with Gasteiger partial charge >= 0.3 is 0 Å². The number of thiazole rings is 1. The van der Waals surface area contributed by atoms with Crippen molar-refractivity contribution in [1.29, 1.82) is 0 Å². The van der Waals surface area contributed by atoms with E-state index in [9.17, 15) is 9.59 Å². The number of rotatable bonds is 9. The number of hydrogen-bond acceptors (Lipinski definition) is 8. The summed E-state index contributed by atoms with van der Waals surface area (Å²) >= 11 is 1.60. The third-order valence-corrected chi connectivity index (χ3v) is 6.32. The minimum absolute atomic E-state index is 0.00562. The topological polar surface area (TPSA) is 108 Å². The number of fused-ring (bicyclic) bond motifs is 1. The van der Waals surface area contributed by atoms with Gasteiger partial charge in [0.1, 0.15) is 11.4 Å². The Labute approximate surface area is 202 Å². The monoisotopic (exact) mass is 482 g/mol. The molecule has 0 spiro atoms. The lowest BCUT2D eigenvalue weighted by Gasteiger charge is -2.26. The highest BCUT2D eigenvalue weighted by atomic mass is 32.1. The maximum absolute atomic E-state index is 12.6. The zero-order valence-corrected chi connectivity index (χ0v) is 20.3. The summed E-state index contributed by atoms with van der Waals surface area (Å²) in [7, 11) is 0. The number of pyridine rings is 1. The summed E-state index contributed by atoms with van der Waals surface area (Å²) in [4.78, 5) is 36.0. The van der Waals surface area contributed by atoms with Crippen molar-refractivity contribution in [2.24, 2.45) is 0 Å². The minimum Gasteiger partial charge on any atom is -0.379 e. The molecule has 3 aromatic rings. The maximum Gasteiger partial charge on any atom is 0.270 e. The van der Waals surface area contributed by atoms with Gasteiger partial charge in [0.05, 0.1) is 23.4 Å². The predicted molar refractivity (Wildman–Crippen MR) is 133 cm³/mol. The zero-order chi connectivity index (χ0) is 23.9. The smallest absolute Gasteiger partial charge is 0.270 e. The molecule has 0 radical (unpaired) electrons. The van der Waals surface area contributed by atoms with Crippen molar-refractivity contribution >= 4 is 38.5 Å². The van der Waals surface area contributed by atoms with Crippen LogP contribution in [0.3, 0.4) is 0 Å². The number of morpholine rings is 1. The molecular weight excluding hydrogens is 452 g/mol. The van der Waals surface area contributed by atoms with Crippen LogP contribution in [-0.2, 0) is 11.3 Å². The van der Waals surface area contributed by atoms with Crippen LogP contribution in [0.4, 0.5) is 5.13 Å². The summed E-state index contributed by atoms with van der Waals surface area (Å²) in [5.74, 6) is -0.622. The molecule has 10 heteroatoms. The first kappa shape index (κ1) is 24.1. The van der Waals surface area contributed by atoms with E-state index in [1.165, 1.54) is 0 Å². The number of amides is 2. The third-order valence-electron chi connectivity index (χ3n) is 5.35. The Hall–Kier alpha value is -3.08. The normalized spacial score (nSPS) is 14.3. The first-order chi connectivity index (χ1) is 16.5. The number of nitrogens with zero attached hydrogens (tertiary/aromatic N) is 3. The fourth-order valence-electron chi connectivity index (χ4n) is 3.60. The number of carbonyl (C=O) groups is 2. The number of benzene rings is 1. The number of carbonyl (C=O) groups excluding carboxylic acids is 2. The van der Waals surface area contributed by atoms with Crippen molar-refractivity contribution < 1.29 is 14.3 Å². The Balaban J connectivity index is 1.31. The van der Waals surface area contributed by atoms with E-state index in [1.54, 1.807) is 29.5 Å². The fraction of sp³-hybridized carbons (Fsp3) is 0.417. The summed E-state index contributed by atoms with van der Waals surface area (Å²) in [5, 5.41) is 9.97. The molecule has 2 aromatic heterocycles. The van der Waals surface area contributed by atoms with Gasteiger partial charge in [-0.1, -0.05) is 23.5 Å². The van der Waals surface area contributed by atoms with Crippen LogP contribution in [0.1, 0.15) is 40.4 Å². The lowest BCUT2D eigenvalue weighted by atomic mass is 10.2. The average molecular weight is 483 g/mol. The molecule has 1 saturated heterocycles. The highest BCUT2D eigenvalue weighted by Gasteiger charge is 2.14. The van der Waals surface area contributed by atoms with E-state index in [4.69, 9.17) is 4.74 Å². The van der Waals surface area contributed by atoms with E-state index in [1.807, 2.05) is 32.0 Å². The molecule has 0 unspecified atom stereocenters. The molecule has 0 aliphatic carbocycles. The van der Waals surface area contributed by atoms with E-state index in [0.29, 0.717) is 6.54 Å². The first-order valence-corrected chi connectivity index (χ1v) is 12.3. The lowest BCUT2D eigenvalue weighted by Crippen LogP contribution is -2.38. The van der Waals surface area contributed by atoms with Crippen molar-refractivity contribution in [3.05, 3.63) is 53.3 Å². The van der Waals surface area contributed by atoms with Crippen LogP contribution in [-0.4, -0.2) is 72.1 Å². The molecule has 9 nitrogen and oxygen atoms in total. The second kappa shape index (κ2) is 11.4. The Morgan fingerprint density at radius 3 is 2.62 bits per heavy atom. The van der Waals surface area contributed by atoms with Gasteiger partial charge in [0.25, 0.3) is 11.8 Å². The SMILES string of the molecule is CC(C)NC(=O)c1cccc(C(=O)NCc2ccc3nc(NCCN4CCOCC4)sc3c2)n1. The van der Waals surface area contributed by atoms with Gasteiger partial charge in [-0.15, -0.1) is 0 Å². The molecule has 1 aliphatic rings. The second-order valence-corrected chi connectivity index (χ2v) is 9.45. The van der Waals surface area contributed by atoms with Crippen molar-refractivity contribution in [3.8, 4) is 0 Å². The van der Waals surface area contributed by atoms with Gasteiger partial charge in [0.15, 0.2) is 5.13 Å². The van der Waals surface area contributed by atoms with E-state index < -0.39 is 0 Å². The molecule has 1 aromatic carbocycles. The molecular formula is C24H30N6O3S. The average Bonchev–Trinajstić information content (AvgIpc) is 3.25. The Morgan fingerprint density at radius 2 is 1.85 bits per heavy atom. The van der Waals surface area contributed by atoms with Crippen LogP contribution < -0.4 is 16.0 Å². The molecule has 0 atom stereocenters. The quantitative estimate of drug-likeness (QED) is 0.430. The summed E-state index contributed by atoms with van der Waals surface area (Å²) in [6.45, 7) is 9.46. The predicted octanol–water partition coefficient (Wildman–Crippen LogP) is 2.50. The van der Waals surface area contributed by atoms with Gasteiger partial charge in [0, 0.05) is 38.8 Å². The van der Waals surface area contributed by atoms with Crippen molar-refractivity contribution in [2.45, 2.75) is 26.4 Å². The molecule has 1 fully saturated rings. The molecule has 3 N–H and O–H groups in total. The highest BCUT2D eigenvalue weighted by Crippen LogP contribution is 2.26. The van der Waals surface area contributed by atoms with Gasteiger partial charge in [-0.3, -0.25) is 14.5 Å². The van der Waals surface area contributed by atoms with E-state index >= 15 is 0 Å². The summed E-state index contributed by atoms with van der Waals surface area (Å²) in [6.07, 6.45) is 0. The number of nitrogens with one attached hydrogen (secondary N) is 3. The van der Waals surface area contributed by atoms with Crippen LogP contribution in [0.25, 0.3) is 10.2 Å². The number of ether oxygens (including phenoxy) is 1. The first-order valence-electron chi connectivity index (χ1n) is 11.5. The third kappa shape index (κ3) is 6.49. The Kier molecular flexibility index (Phi) is 8.04. The van der Waals surface area contributed by atoms with Crippen LogP contribution in [0.15, 0.2) is 36.4 Å². The lowest BCUT2D eigenvalue weighted by molar-refractivity contribution is 0.0398. The van der Waals surface area contributed by atoms with E-state index in [0.717, 1.165) is 60.3 Å². The molecule has 180 valence electrons. The van der Waals surface area contributed by atoms with Gasteiger partial charge in [-0.05, 0) is 43.7 Å². The van der Waals surface area contributed by atoms with Gasteiger partial charge in [-0.25, -0.2) is 9.97 Å². The molecule has 0 saturated carbocycles. The van der Waals surface area contributed by atoms with Gasteiger partial charge < -0.3 is 20.7 Å².